The lowest BCUT2D eigenvalue weighted by molar-refractivity contribution is -0.384. The van der Waals surface area contributed by atoms with Gasteiger partial charge in [0, 0.05) is 24.7 Å². The maximum Gasteiger partial charge on any atom is 0.269 e. The molecule has 0 fully saturated rings. The van der Waals surface area contributed by atoms with Crippen molar-refractivity contribution in [1.82, 2.24) is 0 Å². The van der Waals surface area contributed by atoms with E-state index in [1.165, 1.54) is 19.1 Å². The third-order valence-corrected chi connectivity index (χ3v) is 3.03. The van der Waals surface area contributed by atoms with Crippen molar-refractivity contribution in [3.8, 4) is 0 Å². The van der Waals surface area contributed by atoms with Crippen LogP contribution in [0, 0.1) is 10.1 Å². The van der Waals surface area contributed by atoms with Crippen LogP contribution in [0.5, 0.6) is 0 Å². The Hall–Kier alpha value is -3.22. The zero-order chi connectivity index (χ0) is 16.8. The summed E-state index contributed by atoms with van der Waals surface area (Å²) in [5, 5.41) is 17.6. The van der Waals surface area contributed by atoms with Crippen molar-refractivity contribution in [1.29, 1.82) is 0 Å². The van der Waals surface area contributed by atoms with Gasteiger partial charge in [-0.05, 0) is 36.8 Å². The molecule has 0 heterocycles. The normalized spacial score (nSPS) is 11.0. The van der Waals surface area contributed by atoms with Gasteiger partial charge in [-0.1, -0.05) is 12.1 Å². The van der Waals surface area contributed by atoms with Gasteiger partial charge in [-0.25, -0.2) is 0 Å². The lowest BCUT2D eigenvalue weighted by Crippen LogP contribution is -2.07. The molecule has 0 unspecified atom stereocenters. The van der Waals surface area contributed by atoms with E-state index in [2.05, 4.69) is 15.8 Å². The Morgan fingerprint density at radius 3 is 2.39 bits per heavy atom. The molecule has 0 radical (unpaired) electrons. The van der Waals surface area contributed by atoms with E-state index in [1.54, 1.807) is 18.2 Å². The van der Waals surface area contributed by atoms with Crippen molar-refractivity contribution in [3.05, 3.63) is 64.2 Å². The van der Waals surface area contributed by atoms with E-state index >= 15 is 0 Å². The predicted molar refractivity (Wildman–Crippen MR) is 89.7 cm³/mol. The summed E-state index contributed by atoms with van der Waals surface area (Å²) in [5.41, 5.74) is 5.79. The van der Waals surface area contributed by atoms with E-state index in [4.69, 9.17) is 0 Å². The van der Waals surface area contributed by atoms with E-state index in [9.17, 15) is 14.9 Å². The van der Waals surface area contributed by atoms with Crippen molar-refractivity contribution in [2.75, 3.05) is 10.7 Å². The molecule has 2 rings (SSSR count). The van der Waals surface area contributed by atoms with Crippen LogP contribution in [0.25, 0.3) is 0 Å². The number of nitro benzene ring substituents is 1. The van der Waals surface area contributed by atoms with Gasteiger partial charge in [0.15, 0.2) is 0 Å². The van der Waals surface area contributed by atoms with Gasteiger partial charge >= 0.3 is 0 Å². The first-order valence-electron chi connectivity index (χ1n) is 6.88. The van der Waals surface area contributed by atoms with Crippen molar-refractivity contribution >= 4 is 28.7 Å². The second kappa shape index (κ2) is 7.17. The molecule has 0 bridgehead atoms. The van der Waals surface area contributed by atoms with Crippen molar-refractivity contribution in [3.63, 3.8) is 0 Å². The predicted octanol–water partition coefficient (Wildman–Crippen LogP) is 3.39. The van der Waals surface area contributed by atoms with Crippen LogP contribution in [0.2, 0.25) is 0 Å². The van der Waals surface area contributed by atoms with Crippen LogP contribution in [-0.4, -0.2) is 16.5 Å². The molecule has 1 amide bonds. The van der Waals surface area contributed by atoms with Gasteiger partial charge in [-0.3, -0.25) is 20.3 Å². The van der Waals surface area contributed by atoms with Crippen LogP contribution in [-0.2, 0) is 4.79 Å². The highest BCUT2D eigenvalue weighted by molar-refractivity contribution is 6.00. The van der Waals surface area contributed by atoms with E-state index in [0.717, 1.165) is 11.3 Å². The quantitative estimate of drug-likeness (QED) is 0.502. The highest BCUT2D eigenvalue weighted by Gasteiger charge is 2.04. The number of nitrogens with zero attached hydrogens (tertiary/aromatic N) is 2. The number of anilines is 2. The molecule has 7 heteroatoms. The van der Waals surface area contributed by atoms with Crippen LogP contribution in [0.15, 0.2) is 53.6 Å². The molecular weight excluding hydrogens is 296 g/mol. The molecule has 0 aliphatic rings. The monoisotopic (exact) mass is 312 g/mol. The van der Waals surface area contributed by atoms with Gasteiger partial charge in [0.25, 0.3) is 5.69 Å². The number of hydrazone groups is 1. The molecule has 118 valence electrons. The van der Waals surface area contributed by atoms with Crippen molar-refractivity contribution in [2.24, 2.45) is 5.10 Å². The van der Waals surface area contributed by atoms with Crippen LogP contribution in [0.4, 0.5) is 17.1 Å². The number of rotatable bonds is 5. The van der Waals surface area contributed by atoms with Crippen LogP contribution < -0.4 is 10.7 Å². The van der Waals surface area contributed by atoms with Gasteiger partial charge < -0.3 is 5.32 Å². The number of benzene rings is 2. The molecule has 0 aromatic heterocycles. The van der Waals surface area contributed by atoms with Gasteiger partial charge in [0.05, 0.1) is 16.3 Å². The molecule has 0 aliphatic heterocycles. The topological polar surface area (TPSA) is 96.6 Å². The second-order valence-corrected chi connectivity index (χ2v) is 4.87. The van der Waals surface area contributed by atoms with Crippen molar-refractivity contribution in [2.45, 2.75) is 13.8 Å². The molecule has 0 aliphatic carbocycles. The number of hydrogen-bond acceptors (Lipinski definition) is 5. The molecule has 0 atom stereocenters. The van der Waals surface area contributed by atoms with E-state index in [1.807, 2.05) is 25.1 Å². The molecule has 0 spiro atoms. The smallest absolute Gasteiger partial charge is 0.269 e. The molecule has 7 nitrogen and oxygen atoms in total. The molecular formula is C16H16N4O3. The lowest BCUT2D eigenvalue weighted by atomic mass is 10.1. The van der Waals surface area contributed by atoms with Crippen LogP contribution >= 0.6 is 0 Å². The summed E-state index contributed by atoms with van der Waals surface area (Å²) in [6.45, 7) is 3.27. The third kappa shape index (κ3) is 4.63. The van der Waals surface area contributed by atoms with Crippen LogP contribution in [0.1, 0.15) is 19.4 Å². The number of carbonyl (C=O) groups excluding carboxylic acids is 1. The lowest BCUT2D eigenvalue weighted by Gasteiger charge is -2.06. The fourth-order valence-electron chi connectivity index (χ4n) is 1.90. The van der Waals surface area contributed by atoms with Gasteiger partial charge in [-0.15, -0.1) is 0 Å². The highest BCUT2D eigenvalue weighted by Crippen LogP contribution is 2.16. The average Bonchev–Trinajstić information content (AvgIpc) is 2.52. The number of nitro groups is 1. The fraction of sp³-hybridized carbons (Fsp3) is 0.125. The standard InChI is InChI=1S/C16H16N4O3/c1-11(13-4-3-5-15(10-13)17-12(2)21)18-19-14-6-8-16(9-7-14)20(22)23/h3-10,19H,1-2H3,(H,17,21)/b18-11+. The SMILES string of the molecule is CC(=O)Nc1cccc(/C(C)=N/Nc2ccc([N+](=O)[O-])cc2)c1. The Labute approximate surface area is 133 Å². The Morgan fingerprint density at radius 1 is 1.09 bits per heavy atom. The summed E-state index contributed by atoms with van der Waals surface area (Å²) in [6, 6.07) is 13.3. The number of nitrogens with one attached hydrogen (secondary N) is 2. The Kier molecular flexibility index (Phi) is 5.03. The maximum absolute atomic E-state index is 11.1. The first kappa shape index (κ1) is 16.2. The molecule has 23 heavy (non-hydrogen) atoms. The summed E-state index contributed by atoms with van der Waals surface area (Å²) < 4.78 is 0. The zero-order valence-corrected chi connectivity index (χ0v) is 12.7. The maximum atomic E-state index is 11.1. The minimum atomic E-state index is -0.453. The summed E-state index contributed by atoms with van der Waals surface area (Å²) in [5.74, 6) is -0.138. The largest absolute Gasteiger partial charge is 0.326 e. The summed E-state index contributed by atoms with van der Waals surface area (Å²) in [6.07, 6.45) is 0. The first-order valence-corrected chi connectivity index (χ1v) is 6.88. The van der Waals surface area contributed by atoms with Gasteiger partial charge in [0.1, 0.15) is 0 Å². The average molecular weight is 312 g/mol. The first-order chi connectivity index (χ1) is 11.0. The Morgan fingerprint density at radius 2 is 1.78 bits per heavy atom. The molecule has 2 aromatic carbocycles. The fourth-order valence-corrected chi connectivity index (χ4v) is 1.90. The van der Waals surface area contributed by atoms with Crippen LogP contribution in [0.3, 0.4) is 0 Å². The van der Waals surface area contributed by atoms with E-state index in [-0.39, 0.29) is 11.6 Å². The number of non-ortho nitro benzene ring substituents is 1. The third-order valence-electron chi connectivity index (χ3n) is 3.03. The zero-order valence-electron chi connectivity index (χ0n) is 12.7. The van der Waals surface area contributed by atoms with Crippen molar-refractivity contribution < 1.29 is 9.72 Å². The molecule has 0 saturated heterocycles. The summed E-state index contributed by atoms with van der Waals surface area (Å²) >= 11 is 0. The van der Waals surface area contributed by atoms with E-state index < -0.39 is 4.92 Å². The molecule has 2 N–H and O–H groups in total. The Bertz CT molecular complexity index is 754. The molecule has 0 saturated carbocycles. The number of amides is 1. The minimum absolute atomic E-state index is 0.0271. The summed E-state index contributed by atoms with van der Waals surface area (Å²) in [7, 11) is 0. The molecule has 2 aromatic rings. The van der Waals surface area contributed by atoms with Gasteiger partial charge in [-0.2, -0.15) is 5.10 Å². The number of carbonyl (C=O) groups is 1. The second-order valence-electron chi connectivity index (χ2n) is 4.87. The highest BCUT2D eigenvalue weighted by atomic mass is 16.6. The minimum Gasteiger partial charge on any atom is -0.326 e. The Balaban J connectivity index is 2.10. The number of hydrogen-bond donors (Lipinski definition) is 2. The van der Waals surface area contributed by atoms with E-state index in [0.29, 0.717) is 11.4 Å². The van der Waals surface area contributed by atoms with Gasteiger partial charge in [0.2, 0.25) is 5.91 Å². The summed E-state index contributed by atoms with van der Waals surface area (Å²) in [4.78, 5) is 21.2.